The number of nitrogens with zero attached hydrogens (tertiary/aromatic N) is 1. The van der Waals surface area contributed by atoms with Gasteiger partial charge < -0.3 is 15.0 Å². The third-order valence-corrected chi connectivity index (χ3v) is 4.56. The monoisotopic (exact) mass is 328 g/mol. The molecule has 0 spiro atoms. The van der Waals surface area contributed by atoms with Gasteiger partial charge in [-0.05, 0) is 42.7 Å². The lowest BCUT2D eigenvalue weighted by molar-refractivity contribution is -0.137. The number of rotatable bonds is 4. The molecule has 126 valence electrons. The molecule has 0 saturated carbocycles. The molecule has 1 aliphatic heterocycles. The minimum absolute atomic E-state index is 0.109. The first-order valence-corrected chi connectivity index (χ1v) is 8.18. The van der Waals surface area contributed by atoms with Crippen LogP contribution in [0.25, 0.3) is 10.9 Å². The Morgan fingerprint density at radius 3 is 2.88 bits per heavy atom. The quantitative estimate of drug-likeness (QED) is 0.900. The van der Waals surface area contributed by atoms with Gasteiger partial charge in [0.1, 0.15) is 0 Å². The van der Waals surface area contributed by atoms with Gasteiger partial charge in [-0.1, -0.05) is 12.1 Å². The number of piperidine rings is 1. The number of para-hydroxylation sites is 1. The van der Waals surface area contributed by atoms with Crippen molar-refractivity contribution < 1.29 is 14.7 Å². The summed E-state index contributed by atoms with van der Waals surface area (Å²) in [4.78, 5) is 39.8. The van der Waals surface area contributed by atoms with Crippen molar-refractivity contribution >= 4 is 22.8 Å². The normalized spacial score (nSPS) is 17.8. The van der Waals surface area contributed by atoms with Crippen molar-refractivity contribution in [2.24, 2.45) is 5.92 Å². The number of benzene rings is 1. The number of hydrogen-bond donors (Lipinski definition) is 2. The zero-order chi connectivity index (χ0) is 17.1. The molecule has 1 aromatic carbocycles. The third-order valence-electron chi connectivity index (χ3n) is 4.56. The van der Waals surface area contributed by atoms with Crippen molar-refractivity contribution in [3.63, 3.8) is 0 Å². The van der Waals surface area contributed by atoms with Crippen molar-refractivity contribution in [1.82, 2.24) is 9.88 Å². The summed E-state index contributed by atoms with van der Waals surface area (Å²) in [5.74, 6) is -0.694. The summed E-state index contributed by atoms with van der Waals surface area (Å²) in [6.07, 6.45) is 2.54. The van der Waals surface area contributed by atoms with Gasteiger partial charge in [0.25, 0.3) is 5.91 Å². The van der Waals surface area contributed by atoms with Gasteiger partial charge >= 0.3 is 5.97 Å². The maximum atomic E-state index is 12.9. The van der Waals surface area contributed by atoms with Crippen LogP contribution in [0.4, 0.5) is 0 Å². The number of carbonyl (C=O) groups excluding carboxylic acids is 1. The second-order valence-corrected chi connectivity index (χ2v) is 6.28. The Morgan fingerprint density at radius 1 is 1.25 bits per heavy atom. The number of aliphatic carboxylic acids is 1. The van der Waals surface area contributed by atoms with Gasteiger partial charge in [-0.3, -0.25) is 14.4 Å². The summed E-state index contributed by atoms with van der Waals surface area (Å²) in [6.45, 7) is 1.23. The van der Waals surface area contributed by atoms with Gasteiger partial charge in [-0.25, -0.2) is 0 Å². The molecule has 6 heteroatoms. The van der Waals surface area contributed by atoms with E-state index in [1.165, 1.54) is 6.07 Å². The number of nitrogens with one attached hydrogen (secondary N) is 1. The Morgan fingerprint density at radius 2 is 2.08 bits per heavy atom. The molecule has 1 amide bonds. The number of likely N-dealkylation sites (tertiary alicyclic amines) is 1. The topological polar surface area (TPSA) is 90.5 Å². The number of aromatic nitrogens is 1. The van der Waals surface area contributed by atoms with E-state index in [4.69, 9.17) is 5.11 Å². The molecule has 2 N–H and O–H groups in total. The zero-order valence-electron chi connectivity index (χ0n) is 13.3. The summed E-state index contributed by atoms with van der Waals surface area (Å²) < 4.78 is 0. The Hall–Kier alpha value is -2.63. The molecule has 1 saturated heterocycles. The molecular weight excluding hydrogens is 308 g/mol. The second kappa shape index (κ2) is 6.86. The molecule has 1 aromatic heterocycles. The molecule has 2 heterocycles. The highest BCUT2D eigenvalue weighted by molar-refractivity contribution is 6.05. The van der Waals surface area contributed by atoms with Gasteiger partial charge in [0, 0.05) is 25.6 Å². The molecule has 1 fully saturated rings. The summed E-state index contributed by atoms with van der Waals surface area (Å²) in [5.41, 5.74) is 0.812. The Kier molecular flexibility index (Phi) is 4.64. The smallest absolute Gasteiger partial charge is 0.303 e. The first-order chi connectivity index (χ1) is 11.5. The number of carboxylic acids is 1. The van der Waals surface area contributed by atoms with E-state index >= 15 is 0 Å². The average Bonchev–Trinajstić information content (AvgIpc) is 2.59. The van der Waals surface area contributed by atoms with Gasteiger partial charge in [0.15, 0.2) is 0 Å². The molecular formula is C18H20N2O4. The number of H-pyrrole nitrogens is 1. The lowest BCUT2D eigenvalue weighted by Gasteiger charge is -2.33. The van der Waals surface area contributed by atoms with E-state index in [0.717, 1.165) is 18.2 Å². The van der Waals surface area contributed by atoms with Crippen molar-refractivity contribution in [2.45, 2.75) is 25.7 Å². The standard InChI is InChI=1S/C18H20N2O4/c21-15-8-7-13-4-1-5-14(17(13)19-15)18(24)20-10-2-3-12(11-20)6-9-16(22)23/h1,4-5,7-8,12H,2-3,6,9-11H2,(H,19,21)(H,22,23)/t12-/m0/s1. The zero-order valence-corrected chi connectivity index (χ0v) is 13.3. The van der Waals surface area contributed by atoms with Crippen LogP contribution in [0.2, 0.25) is 0 Å². The fourth-order valence-electron chi connectivity index (χ4n) is 3.34. The highest BCUT2D eigenvalue weighted by atomic mass is 16.4. The SMILES string of the molecule is O=C(O)CC[C@@H]1CCCN(C(=O)c2cccc3ccc(=O)[nH]c23)C1. The minimum Gasteiger partial charge on any atom is -0.481 e. The van der Waals surface area contributed by atoms with Crippen molar-refractivity contribution in [3.8, 4) is 0 Å². The molecule has 24 heavy (non-hydrogen) atoms. The Labute approximate surface area is 139 Å². The average molecular weight is 328 g/mol. The van der Waals surface area contributed by atoms with Crippen LogP contribution in [0.1, 0.15) is 36.0 Å². The van der Waals surface area contributed by atoms with E-state index in [1.807, 2.05) is 6.07 Å². The summed E-state index contributed by atoms with van der Waals surface area (Å²) in [6, 6.07) is 8.53. The predicted molar refractivity (Wildman–Crippen MR) is 90.1 cm³/mol. The number of aromatic amines is 1. The largest absolute Gasteiger partial charge is 0.481 e. The fraction of sp³-hybridized carbons (Fsp3) is 0.389. The first kappa shape index (κ1) is 16.2. The number of carbonyl (C=O) groups is 2. The Balaban J connectivity index is 1.82. The van der Waals surface area contributed by atoms with Crippen LogP contribution in [0.5, 0.6) is 0 Å². The van der Waals surface area contributed by atoms with Gasteiger partial charge in [-0.15, -0.1) is 0 Å². The fourth-order valence-corrected chi connectivity index (χ4v) is 3.34. The van der Waals surface area contributed by atoms with Crippen LogP contribution >= 0.6 is 0 Å². The first-order valence-electron chi connectivity index (χ1n) is 8.18. The molecule has 1 atom stereocenters. The maximum absolute atomic E-state index is 12.9. The van der Waals surface area contributed by atoms with Crippen LogP contribution in [-0.2, 0) is 4.79 Å². The number of carboxylic acid groups (broad SMARTS) is 1. The molecule has 0 unspecified atom stereocenters. The van der Waals surface area contributed by atoms with E-state index < -0.39 is 5.97 Å². The van der Waals surface area contributed by atoms with Crippen LogP contribution in [0, 0.1) is 5.92 Å². The van der Waals surface area contributed by atoms with Crippen LogP contribution < -0.4 is 5.56 Å². The number of hydrogen-bond acceptors (Lipinski definition) is 3. The van der Waals surface area contributed by atoms with Gasteiger partial charge in [0.05, 0.1) is 11.1 Å². The molecule has 0 radical (unpaired) electrons. The lowest BCUT2D eigenvalue weighted by Crippen LogP contribution is -2.40. The molecule has 0 bridgehead atoms. The summed E-state index contributed by atoms with van der Waals surface area (Å²) in [7, 11) is 0. The van der Waals surface area contributed by atoms with Gasteiger partial charge in [0.2, 0.25) is 5.56 Å². The molecule has 1 aliphatic rings. The lowest BCUT2D eigenvalue weighted by atomic mass is 9.93. The summed E-state index contributed by atoms with van der Waals surface area (Å²) >= 11 is 0. The van der Waals surface area contributed by atoms with Crippen molar-refractivity contribution in [1.29, 1.82) is 0 Å². The molecule has 6 nitrogen and oxygen atoms in total. The van der Waals surface area contributed by atoms with E-state index in [0.29, 0.717) is 30.6 Å². The van der Waals surface area contributed by atoms with Crippen molar-refractivity contribution in [3.05, 3.63) is 46.2 Å². The molecule has 2 aromatic rings. The molecule has 3 rings (SSSR count). The Bertz CT molecular complexity index is 827. The number of amides is 1. The number of fused-ring (bicyclic) bond motifs is 1. The van der Waals surface area contributed by atoms with Crippen LogP contribution in [0.3, 0.4) is 0 Å². The summed E-state index contributed by atoms with van der Waals surface area (Å²) in [5, 5.41) is 9.65. The van der Waals surface area contributed by atoms with Gasteiger partial charge in [-0.2, -0.15) is 0 Å². The third kappa shape index (κ3) is 3.48. The highest BCUT2D eigenvalue weighted by Crippen LogP contribution is 2.24. The highest BCUT2D eigenvalue weighted by Gasteiger charge is 2.25. The van der Waals surface area contributed by atoms with Crippen molar-refractivity contribution in [2.75, 3.05) is 13.1 Å². The number of pyridine rings is 1. The minimum atomic E-state index is -0.801. The predicted octanol–water partition coefficient (Wildman–Crippen LogP) is 2.25. The van der Waals surface area contributed by atoms with Crippen LogP contribution in [-0.4, -0.2) is 40.0 Å². The molecule has 0 aliphatic carbocycles. The second-order valence-electron chi connectivity index (χ2n) is 6.28. The van der Waals surface area contributed by atoms with E-state index in [-0.39, 0.29) is 23.8 Å². The van der Waals surface area contributed by atoms with E-state index in [1.54, 1.807) is 23.1 Å². The van der Waals surface area contributed by atoms with Crippen LogP contribution in [0.15, 0.2) is 35.1 Å². The van der Waals surface area contributed by atoms with E-state index in [9.17, 15) is 14.4 Å². The maximum Gasteiger partial charge on any atom is 0.303 e. The van der Waals surface area contributed by atoms with E-state index in [2.05, 4.69) is 4.98 Å².